The molecule has 0 aromatic heterocycles. The largest absolute Gasteiger partial charge is 0.497 e. The summed E-state index contributed by atoms with van der Waals surface area (Å²) >= 11 is 0. The van der Waals surface area contributed by atoms with Crippen molar-refractivity contribution in [3.8, 4) is 11.5 Å². The first-order valence-electron chi connectivity index (χ1n) is 11.9. The van der Waals surface area contributed by atoms with Crippen molar-refractivity contribution in [1.82, 2.24) is 9.21 Å². The van der Waals surface area contributed by atoms with Crippen LogP contribution in [0.5, 0.6) is 11.5 Å². The minimum Gasteiger partial charge on any atom is -0.497 e. The summed E-state index contributed by atoms with van der Waals surface area (Å²) in [6.07, 6.45) is 2.86. The number of piperidine rings is 1. The van der Waals surface area contributed by atoms with Crippen LogP contribution in [0.15, 0.2) is 41.3 Å². The lowest BCUT2D eigenvalue weighted by atomic mass is 9.95. The number of amides is 1. The van der Waals surface area contributed by atoms with Gasteiger partial charge in [0.15, 0.2) is 0 Å². The van der Waals surface area contributed by atoms with Gasteiger partial charge in [-0.2, -0.15) is 4.31 Å². The lowest BCUT2D eigenvalue weighted by Gasteiger charge is -2.35. The van der Waals surface area contributed by atoms with Gasteiger partial charge < -0.3 is 14.4 Å². The number of hydrogen-bond acceptors (Lipinski definition) is 5. The Morgan fingerprint density at radius 2 is 1.68 bits per heavy atom. The lowest BCUT2D eigenvalue weighted by molar-refractivity contribution is -0.137. The number of methoxy groups -OCH3 is 2. The highest BCUT2D eigenvalue weighted by Gasteiger charge is 2.38. The fourth-order valence-electron chi connectivity index (χ4n) is 5.26. The zero-order valence-electron chi connectivity index (χ0n) is 20.4. The maximum atomic E-state index is 13.5. The Balaban J connectivity index is 1.47. The van der Waals surface area contributed by atoms with Crippen molar-refractivity contribution in [3.05, 3.63) is 53.1 Å². The van der Waals surface area contributed by atoms with E-state index in [1.54, 1.807) is 20.3 Å². The van der Waals surface area contributed by atoms with Crippen molar-refractivity contribution in [2.45, 2.75) is 50.5 Å². The quantitative estimate of drug-likeness (QED) is 0.615. The van der Waals surface area contributed by atoms with E-state index in [4.69, 9.17) is 9.47 Å². The summed E-state index contributed by atoms with van der Waals surface area (Å²) in [5, 5.41) is 0. The molecule has 0 radical (unpaired) electrons. The fourth-order valence-corrected chi connectivity index (χ4v) is 6.93. The van der Waals surface area contributed by atoms with Gasteiger partial charge >= 0.3 is 0 Å². The van der Waals surface area contributed by atoms with Crippen molar-refractivity contribution in [2.75, 3.05) is 33.9 Å². The number of ether oxygens (including phenoxy) is 2. The molecule has 2 fully saturated rings. The number of nitrogens with zero attached hydrogens (tertiary/aromatic N) is 2. The van der Waals surface area contributed by atoms with Crippen molar-refractivity contribution in [3.63, 3.8) is 0 Å². The second-order valence-electron chi connectivity index (χ2n) is 9.24. The monoisotopic (exact) mass is 486 g/mol. The maximum Gasteiger partial charge on any atom is 0.243 e. The second-order valence-corrected chi connectivity index (χ2v) is 11.2. The third-order valence-corrected chi connectivity index (χ3v) is 9.14. The Kier molecular flexibility index (Phi) is 7.19. The zero-order valence-corrected chi connectivity index (χ0v) is 21.2. The standard InChI is InChI=1S/C26H34N2O5S/c1-18-7-10-25(19(2)16-18)34(30,31)27-14-11-20(12-15-27)26(29)28-13-5-6-23(28)22-17-21(32-3)8-9-24(22)33-4/h7-10,16-17,20,23H,5-6,11-15H2,1-4H3/t23-/m1/s1. The molecule has 1 amide bonds. The molecule has 2 saturated heterocycles. The second kappa shape index (κ2) is 9.96. The van der Waals surface area contributed by atoms with E-state index in [1.165, 1.54) is 4.31 Å². The Labute approximate surface area is 202 Å². The fraction of sp³-hybridized carbons (Fsp3) is 0.500. The van der Waals surface area contributed by atoms with Crippen LogP contribution >= 0.6 is 0 Å². The SMILES string of the molecule is COc1ccc(OC)c([C@H]2CCCN2C(=O)C2CCN(S(=O)(=O)c3ccc(C)cc3C)CC2)c1. The minimum atomic E-state index is -3.57. The molecule has 4 rings (SSSR count). The number of benzene rings is 2. The Hall–Kier alpha value is -2.58. The van der Waals surface area contributed by atoms with E-state index in [-0.39, 0.29) is 17.9 Å². The number of hydrogen-bond donors (Lipinski definition) is 0. The number of carbonyl (C=O) groups is 1. The van der Waals surface area contributed by atoms with Crippen LogP contribution in [-0.4, -0.2) is 57.4 Å². The van der Waals surface area contributed by atoms with Gasteiger partial charge in [-0.3, -0.25) is 4.79 Å². The van der Waals surface area contributed by atoms with E-state index in [0.29, 0.717) is 37.4 Å². The van der Waals surface area contributed by atoms with Crippen molar-refractivity contribution < 1.29 is 22.7 Å². The normalized spacial score (nSPS) is 19.9. The minimum absolute atomic E-state index is 0.0606. The number of aryl methyl sites for hydroxylation is 2. The maximum absolute atomic E-state index is 13.5. The van der Waals surface area contributed by atoms with Crippen molar-refractivity contribution in [2.24, 2.45) is 5.92 Å². The van der Waals surface area contributed by atoms with Gasteiger partial charge in [0.05, 0.1) is 25.2 Å². The first kappa shape index (κ1) is 24.5. The van der Waals surface area contributed by atoms with Crippen LogP contribution in [0.3, 0.4) is 0 Å². The lowest BCUT2D eigenvalue weighted by Crippen LogP contribution is -2.44. The highest BCUT2D eigenvalue weighted by molar-refractivity contribution is 7.89. The summed E-state index contributed by atoms with van der Waals surface area (Å²) in [7, 11) is -0.305. The summed E-state index contributed by atoms with van der Waals surface area (Å²) in [4.78, 5) is 15.9. The van der Waals surface area contributed by atoms with Crippen LogP contribution in [-0.2, 0) is 14.8 Å². The molecule has 1 atom stereocenters. The Bertz CT molecular complexity index is 1160. The average molecular weight is 487 g/mol. The molecule has 2 aromatic carbocycles. The van der Waals surface area contributed by atoms with Gasteiger partial charge in [0.25, 0.3) is 0 Å². The van der Waals surface area contributed by atoms with Crippen molar-refractivity contribution in [1.29, 1.82) is 0 Å². The molecule has 2 aromatic rings. The molecular weight excluding hydrogens is 452 g/mol. The first-order valence-corrected chi connectivity index (χ1v) is 13.3. The predicted octanol–water partition coefficient (Wildman–Crippen LogP) is 4.09. The van der Waals surface area contributed by atoms with Crippen LogP contribution in [0, 0.1) is 19.8 Å². The molecule has 8 heteroatoms. The summed E-state index contributed by atoms with van der Waals surface area (Å²) in [5.41, 5.74) is 2.75. The summed E-state index contributed by atoms with van der Waals surface area (Å²) in [6, 6.07) is 11.0. The van der Waals surface area contributed by atoms with Gasteiger partial charge in [-0.15, -0.1) is 0 Å². The summed E-state index contributed by atoms with van der Waals surface area (Å²) in [5.74, 6) is 1.42. The molecule has 0 saturated carbocycles. The zero-order chi connectivity index (χ0) is 24.5. The molecular formula is C26H34N2O5S. The number of rotatable bonds is 6. The van der Waals surface area contributed by atoms with Gasteiger partial charge in [0, 0.05) is 31.1 Å². The third kappa shape index (κ3) is 4.66. The van der Waals surface area contributed by atoms with Gasteiger partial charge in [-0.25, -0.2) is 8.42 Å². The molecule has 2 heterocycles. The average Bonchev–Trinajstić information content (AvgIpc) is 3.32. The summed E-state index contributed by atoms with van der Waals surface area (Å²) in [6.45, 7) is 5.19. The van der Waals surface area contributed by atoms with Crippen LogP contribution < -0.4 is 9.47 Å². The highest BCUT2D eigenvalue weighted by Crippen LogP contribution is 2.40. The summed E-state index contributed by atoms with van der Waals surface area (Å²) < 4.78 is 39.0. The molecule has 0 unspecified atom stereocenters. The van der Waals surface area contributed by atoms with Crippen LogP contribution in [0.1, 0.15) is 48.4 Å². The molecule has 0 bridgehead atoms. The number of likely N-dealkylation sites (tertiary alicyclic amines) is 1. The van der Waals surface area contributed by atoms with Crippen LogP contribution in [0.4, 0.5) is 0 Å². The first-order chi connectivity index (χ1) is 16.3. The molecule has 0 spiro atoms. The number of carbonyl (C=O) groups excluding carboxylic acids is 1. The number of sulfonamides is 1. The Morgan fingerprint density at radius 3 is 2.32 bits per heavy atom. The molecule has 184 valence electrons. The van der Waals surface area contributed by atoms with Gasteiger partial charge in [-0.1, -0.05) is 17.7 Å². The van der Waals surface area contributed by atoms with Crippen LogP contribution in [0.2, 0.25) is 0 Å². The van der Waals surface area contributed by atoms with E-state index in [9.17, 15) is 13.2 Å². The topological polar surface area (TPSA) is 76.2 Å². The molecule has 0 N–H and O–H groups in total. The van der Waals surface area contributed by atoms with Gasteiger partial charge in [0.2, 0.25) is 15.9 Å². The van der Waals surface area contributed by atoms with E-state index < -0.39 is 10.0 Å². The smallest absolute Gasteiger partial charge is 0.243 e. The van der Waals surface area contributed by atoms with Gasteiger partial charge in [-0.05, 0) is 69.4 Å². The van der Waals surface area contributed by atoms with E-state index in [1.807, 2.05) is 49.1 Å². The molecule has 0 aliphatic carbocycles. The van der Waals surface area contributed by atoms with Crippen LogP contribution in [0.25, 0.3) is 0 Å². The molecule has 2 aliphatic heterocycles. The van der Waals surface area contributed by atoms with E-state index >= 15 is 0 Å². The molecule has 34 heavy (non-hydrogen) atoms. The highest BCUT2D eigenvalue weighted by atomic mass is 32.2. The van der Waals surface area contributed by atoms with Crippen molar-refractivity contribution >= 4 is 15.9 Å². The van der Waals surface area contributed by atoms with E-state index in [0.717, 1.165) is 41.0 Å². The molecule has 7 nitrogen and oxygen atoms in total. The predicted molar refractivity (Wildman–Crippen MR) is 131 cm³/mol. The van der Waals surface area contributed by atoms with E-state index in [2.05, 4.69) is 0 Å². The Morgan fingerprint density at radius 1 is 0.941 bits per heavy atom. The molecule has 2 aliphatic rings. The third-order valence-electron chi connectivity index (χ3n) is 7.08. The van der Waals surface area contributed by atoms with Gasteiger partial charge in [0.1, 0.15) is 11.5 Å².